The van der Waals surface area contributed by atoms with E-state index in [1.165, 1.54) is 17.6 Å². The molecule has 5 rings (SSSR count). The van der Waals surface area contributed by atoms with E-state index in [0.29, 0.717) is 34.2 Å². The number of ether oxygens (including phenoxy) is 1. The minimum atomic E-state index is -0.311. The summed E-state index contributed by atoms with van der Waals surface area (Å²) in [6.07, 6.45) is 4.22. The first kappa shape index (κ1) is 15.9. The molecule has 2 aromatic rings. The van der Waals surface area contributed by atoms with Gasteiger partial charge in [-0.25, -0.2) is 4.39 Å². The van der Waals surface area contributed by atoms with E-state index in [-0.39, 0.29) is 11.4 Å². The zero-order valence-corrected chi connectivity index (χ0v) is 15.4. The van der Waals surface area contributed by atoms with Crippen LogP contribution >= 0.6 is 11.5 Å². The molecule has 3 heterocycles. The highest BCUT2D eigenvalue weighted by Crippen LogP contribution is 2.56. The van der Waals surface area contributed by atoms with Crippen molar-refractivity contribution < 1.29 is 9.13 Å². The van der Waals surface area contributed by atoms with Gasteiger partial charge < -0.3 is 14.5 Å². The molecule has 26 heavy (non-hydrogen) atoms. The Morgan fingerprint density at radius 2 is 2.04 bits per heavy atom. The maximum absolute atomic E-state index is 15.1. The van der Waals surface area contributed by atoms with E-state index >= 15 is 4.39 Å². The van der Waals surface area contributed by atoms with Crippen molar-refractivity contribution in [1.29, 1.82) is 0 Å². The van der Waals surface area contributed by atoms with Gasteiger partial charge in [0.05, 0.1) is 18.4 Å². The zero-order valence-electron chi connectivity index (χ0n) is 14.6. The highest BCUT2D eigenvalue weighted by atomic mass is 32.1. The topological polar surface area (TPSA) is 48.6 Å². The molecule has 3 aliphatic rings. The molecule has 1 saturated carbocycles. The lowest BCUT2D eigenvalue weighted by Gasteiger charge is -2.35. The fraction of sp³-hybridized carbons (Fsp3) is 0.421. The Hall–Kier alpha value is -2.28. The number of fused-ring (bicyclic) bond motifs is 2. The number of anilines is 3. The lowest BCUT2D eigenvalue weighted by molar-refractivity contribution is 0.411. The van der Waals surface area contributed by atoms with Gasteiger partial charge in [0.25, 0.3) is 5.56 Å². The van der Waals surface area contributed by atoms with E-state index in [4.69, 9.17) is 4.74 Å². The third-order valence-electron chi connectivity index (χ3n) is 5.49. The lowest BCUT2D eigenvalue weighted by atomic mass is 9.93. The van der Waals surface area contributed by atoms with Crippen LogP contribution in [0.5, 0.6) is 5.75 Å². The van der Waals surface area contributed by atoms with Gasteiger partial charge in [-0.15, -0.1) is 0 Å². The summed E-state index contributed by atoms with van der Waals surface area (Å²) in [6, 6.07) is 1.85. The van der Waals surface area contributed by atoms with Crippen LogP contribution in [0.1, 0.15) is 36.8 Å². The van der Waals surface area contributed by atoms with Crippen LogP contribution < -0.4 is 20.1 Å². The van der Waals surface area contributed by atoms with Gasteiger partial charge in [0.1, 0.15) is 10.7 Å². The number of rotatable bonds is 3. The van der Waals surface area contributed by atoms with Crippen LogP contribution in [-0.4, -0.2) is 30.6 Å². The summed E-state index contributed by atoms with van der Waals surface area (Å²) in [4.78, 5) is 16.6. The van der Waals surface area contributed by atoms with Crippen molar-refractivity contribution in [3.05, 3.63) is 39.9 Å². The maximum Gasteiger partial charge on any atom is 0.268 e. The summed E-state index contributed by atoms with van der Waals surface area (Å²) in [7, 11) is 1.59. The first-order valence-corrected chi connectivity index (χ1v) is 9.79. The molecule has 7 heteroatoms. The number of nitrogens with zero attached hydrogens (tertiary/aromatic N) is 2. The van der Waals surface area contributed by atoms with Crippen molar-refractivity contribution in [1.82, 2.24) is 4.37 Å². The molecule has 2 fully saturated rings. The maximum atomic E-state index is 15.1. The minimum Gasteiger partial charge on any atom is -0.492 e. The van der Waals surface area contributed by atoms with Crippen LogP contribution in [-0.2, 0) is 0 Å². The van der Waals surface area contributed by atoms with E-state index in [1.54, 1.807) is 7.11 Å². The summed E-state index contributed by atoms with van der Waals surface area (Å²) < 4.78 is 23.7. The molecule has 0 amide bonds. The molecule has 5 nitrogen and oxygen atoms in total. The third kappa shape index (κ3) is 2.09. The zero-order chi connectivity index (χ0) is 18.0. The number of benzene rings is 1. The van der Waals surface area contributed by atoms with Gasteiger partial charge in [0, 0.05) is 24.7 Å². The number of nitrogens with one attached hydrogen (secondary N) is 1. The van der Waals surface area contributed by atoms with Gasteiger partial charge in [-0.1, -0.05) is 6.58 Å². The number of aromatic nitrogens is 1. The number of hydrogen-bond acceptors (Lipinski definition) is 5. The predicted octanol–water partition coefficient (Wildman–Crippen LogP) is 3.86. The highest BCUT2D eigenvalue weighted by Gasteiger charge is 2.42. The summed E-state index contributed by atoms with van der Waals surface area (Å²) in [6.45, 7) is 5.78. The molecule has 1 aromatic carbocycles. The summed E-state index contributed by atoms with van der Waals surface area (Å²) >= 11 is 1.32. The standard InChI is InChI=1S/C19H20FN3O2S/c1-10-12-9-13(20)16(22-7-3-4-8-22)17(25-2)15(12)23(11-5-6-11)19-14(10)18(24)21-26-19/h9,11H,1,3-8H2,2H3,(H,21,24). The van der Waals surface area contributed by atoms with Crippen molar-refractivity contribution in [2.45, 2.75) is 31.7 Å². The highest BCUT2D eigenvalue weighted by molar-refractivity contribution is 7.10. The Morgan fingerprint density at radius 1 is 1.31 bits per heavy atom. The number of methoxy groups -OCH3 is 1. The van der Waals surface area contributed by atoms with Gasteiger partial charge in [0.15, 0.2) is 11.6 Å². The average Bonchev–Trinajstić information content (AvgIpc) is 3.17. The van der Waals surface area contributed by atoms with Crippen molar-refractivity contribution in [3.8, 4) is 5.75 Å². The number of H-pyrrole nitrogens is 1. The van der Waals surface area contributed by atoms with E-state index in [9.17, 15) is 4.79 Å². The van der Waals surface area contributed by atoms with Crippen molar-refractivity contribution >= 4 is 33.5 Å². The van der Waals surface area contributed by atoms with Crippen molar-refractivity contribution in [2.75, 3.05) is 30.0 Å². The molecular formula is C19H20FN3O2S. The van der Waals surface area contributed by atoms with E-state index in [0.717, 1.165) is 49.5 Å². The predicted molar refractivity (Wildman–Crippen MR) is 103 cm³/mol. The quantitative estimate of drug-likeness (QED) is 0.888. The Morgan fingerprint density at radius 3 is 2.69 bits per heavy atom. The number of halogens is 1. The van der Waals surface area contributed by atoms with Crippen LogP contribution in [0.25, 0.3) is 5.57 Å². The summed E-state index contributed by atoms with van der Waals surface area (Å²) in [5.74, 6) is 0.246. The normalized spacial score (nSPS) is 18.9. The average molecular weight is 373 g/mol. The number of aromatic amines is 1. The van der Waals surface area contributed by atoms with Crippen LogP contribution in [0.3, 0.4) is 0 Å². The van der Waals surface area contributed by atoms with Crippen molar-refractivity contribution in [2.24, 2.45) is 0 Å². The van der Waals surface area contributed by atoms with Crippen LogP contribution in [0.4, 0.5) is 20.8 Å². The summed E-state index contributed by atoms with van der Waals surface area (Å²) in [5, 5.41) is 0.868. The SMILES string of the molecule is C=C1c2cc(F)c(N3CCCC3)c(OC)c2N(C2CC2)c2s[nH]c(=O)c21. The molecular weight excluding hydrogens is 353 g/mol. The molecule has 1 aromatic heterocycles. The van der Waals surface area contributed by atoms with Crippen LogP contribution in [0, 0.1) is 5.82 Å². The van der Waals surface area contributed by atoms with Gasteiger partial charge >= 0.3 is 0 Å². The second-order valence-corrected chi connectivity index (χ2v) is 7.92. The molecule has 0 bridgehead atoms. The second-order valence-electron chi connectivity index (χ2n) is 7.12. The molecule has 0 atom stereocenters. The van der Waals surface area contributed by atoms with Crippen molar-refractivity contribution in [3.63, 3.8) is 0 Å². The molecule has 1 aliphatic carbocycles. The van der Waals surface area contributed by atoms with E-state index < -0.39 is 0 Å². The van der Waals surface area contributed by atoms with Gasteiger partial charge in [-0.2, -0.15) is 0 Å². The molecule has 2 aliphatic heterocycles. The lowest BCUT2D eigenvalue weighted by Crippen LogP contribution is -2.28. The fourth-order valence-electron chi connectivity index (χ4n) is 4.15. The molecule has 0 radical (unpaired) electrons. The van der Waals surface area contributed by atoms with E-state index in [2.05, 4.69) is 20.8 Å². The smallest absolute Gasteiger partial charge is 0.268 e. The minimum absolute atomic E-state index is 0.158. The van der Waals surface area contributed by atoms with Gasteiger partial charge in [0.2, 0.25) is 0 Å². The fourth-order valence-corrected chi connectivity index (χ4v) is 5.10. The molecule has 1 N–H and O–H groups in total. The Bertz CT molecular complexity index is 970. The Kier molecular flexibility index (Phi) is 3.44. The molecule has 0 unspecified atom stereocenters. The van der Waals surface area contributed by atoms with Crippen LogP contribution in [0.15, 0.2) is 17.4 Å². The Balaban J connectivity index is 1.80. The van der Waals surface area contributed by atoms with E-state index in [1.807, 2.05) is 0 Å². The van der Waals surface area contributed by atoms with Gasteiger partial charge in [-0.05, 0) is 48.9 Å². The molecule has 0 spiro atoms. The largest absolute Gasteiger partial charge is 0.492 e. The third-order valence-corrected chi connectivity index (χ3v) is 6.37. The Labute approximate surface area is 154 Å². The first-order valence-electron chi connectivity index (χ1n) is 8.97. The second kappa shape index (κ2) is 5.61. The molecule has 1 saturated heterocycles. The molecule has 136 valence electrons. The monoisotopic (exact) mass is 373 g/mol. The number of hydrogen-bond donors (Lipinski definition) is 1. The first-order chi connectivity index (χ1) is 12.6. The van der Waals surface area contributed by atoms with Gasteiger partial charge in [-0.3, -0.25) is 9.17 Å². The van der Waals surface area contributed by atoms with Crippen LogP contribution in [0.2, 0.25) is 0 Å². The summed E-state index contributed by atoms with van der Waals surface area (Å²) in [5.41, 5.74) is 3.02.